The van der Waals surface area contributed by atoms with Crippen molar-refractivity contribution in [2.75, 3.05) is 51.9 Å². The van der Waals surface area contributed by atoms with Crippen LogP contribution in [0.25, 0.3) is 0 Å². The molecule has 2 aliphatic rings. The van der Waals surface area contributed by atoms with E-state index in [9.17, 15) is 9.59 Å². The lowest BCUT2D eigenvalue weighted by atomic mass is 9.89. The number of nitrogens with one attached hydrogen (secondary N) is 1. The number of para-hydroxylation sites is 2. The van der Waals surface area contributed by atoms with Crippen molar-refractivity contribution >= 4 is 17.5 Å². The number of rotatable bonds is 5. The SMILES string of the molecule is COC[C@H]1NC(=O)CC[C@H]1C(=O)N1CCN(c2ccccc2OC)CC1. The van der Waals surface area contributed by atoms with Gasteiger partial charge in [0.15, 0.2) is 0 Å². The second kappa shape index (κ2) is 8.40. The quantitative estimate of drug-likeness (QED) is 0.843. The first-order valence-corrected chi connectivity index (χ1v) is 9.09. The van der Waals surface area contributed by atoms with Crippen molar-refractivity contribution < 1.29 is 19.1 Å². The fraction of sp³-hybridized carbons (Fsp3) is 0.579. The van der Waals surface area contributed by atoms with Gasteiger partial charge in [-0.25, -0.2) is 0 Å². The predicted molar refractivity (Wildman–Crippen MR) is 98.3 cm³/mol. The summed E-state index contributed by atoms with van der Waals surface area (Å²) in [5.74, 6) is 0.761. The molecular weight excluding hydrogens is 334 g/mol. The largest absolute Gasteiger partial charge is 0.495 e. The van der Waals surface area contributed by atoms with Gasteiger partial charge in [0, 0.05) is 39.7 Å². The fourth-order valence-electron chi connectivity index (χ4n) is 3.79. The zero-order valence-electron chi connectivity index (χ0n) is 15.4. The van der Waals surface area contributed by atoms with E-state index in [1.165, 1.54) is 0 Å². The minimum Gasteiger partial charge on any atom is -0.495 e. The number of anilines is 1. The maximum absolute atomic E-state index is 13.0. The maximum Gasteiger partial charge on any atom is 0.227 e. The number of hydrogen-bond acceptors (Lipinski definition) is 5. The molecule has 0 aliphatic carbocycles. The second-order valence-corrected chi connectivity index (χ2v) is 6.76. The van der Waals surface area contributed by atoms with Gasteiger partial charge in [0.05, 0.1) is 31.4 Å². The van der Waals surface area contributed by atoms with Gasteiger partial charge in [-0.05, 0) is 18.6 Å². The number of hydrogen-bond donors (Lipinski definition) is 1. The number of carbonyl (C=O) groups excluding carboxylic acids is 2. The minimum absolute atomic E-state index is 0.00269. The van der Waals surface area contributed by atoms with Crippen LogP contribution in [0.3, 0.4) is 0 Å². The molecular formula is C19H27N3O4. The van der Waals surface area contributed by atoms with Crippen LogP contribution in [0.4, 0.5) is 5.69 Å². The number of ether oxygens (including phenoxy) is 2. The Morgan fingerprint density at radius 3 is 2.62 bits per heavy atom. The molecule has 0 saturated carbocycles. The summed E-state index contributed by atoms with van der Waals surface area (Å²) in [6, 6.07) is 7.71. The van der Waals surface area contributed by atoms with Crippen molar-refractivity contribution in [2.45, 2.75) is 18.9 Å². The van der Waals surface area contributed by atoms with Crippen LogP contribution in [0.5, 0.6) is 5.75 Å². The van der Waals surface area contributed by atoms with Crippen molar-refractivity contribution in [3.63, 3.8) is 0 Å². The number of benzene rings is 1. The van der Waals surface area contributed by atoms with E-state index in [0.29, 0.717) is 32.5 Å². The molecule has 142 valence electrons. The van der Waals surface area contributed by atoms with Crippen LogP contribution < -0.4 is 15.0 Å². The Kier molecular flexibility index (Phi) is 5.98. The number of piperidine rings is 1. The molecule has 1 aromatic carbocycles. The highest BCUT2D eigenvalue weighted by molar-refractivity contribution is 5.85. The molecule has 0 spiro atoms. The lowest BCUT2D eigenvalue weighted by molar-refractivity contribution is -0.140. The van der Waals surface area contributed by atoms with E-state index in [1.807, 2.05) is 29.2 Å². The van der Waals surface area contributed by atoms with Crippen molar-refractivity contribution in [1.82, 2.24) is 10.2 Å². The van der Waals surface area contributed by atoms with Crippen LogP contribution in [0.2, 0.25) is 0 Å². The van der Waals surface area contributed by atoms with E-state index in [0.717, 1.165) is 24.5 Å². The Morgan fingerprint density at radius 2 is 1.92 bits per heavy atom. The smallest absolute Gasteiger partial charge is 0.227 e. The van der Waals surface area contributed by atoms with Crippen LogP contribution >= 0.6 is 0 Å². The summed E-state index contributed by atoms with van der Waals surface area (Å²) in [5, 5.41) is 2.90. The van der Waals surface area contributed by atoms with Crippen LogP contribution in [0.15, 0.2) is 24.3 Å². The molecule has 2 atom stereocenters. The highest BCUT2D eigenvalue weighted by atomic mass is 16.5. The van der Waals surface area contributed by atoms with Gasteiger partial charge in [-0.3, -0.25) is 9.59 Å². The molecule has 2 saturated heterocycles. The summed E-state index contributed by atoms with van der Waals surface area (Å²) < 4.78 is 10.6. The monoisotopic (exact) mass is 361 g/mol. The first-order valence-electron chi connectivity index (χ1n) is 9.09. The molecule has 2 heterocycles. The predicted octanol–water partition coefficient (Wildman–Crippen LogP) is 0.885. The third-order valence-electron chi connectivity index (χ3n) is 5.20. The standard InChI is InChI=1S/C19H27N3O4/c1-25-13-15-14(7-8-18(23)20-15)19(24)22-11-9-21(10-12-22)16-5-3-4-6-17(16)26-2/h3-6,14-15H,7-13H2,1-2H3,(H,20,23)/t14-,15-/m1/s1. The van der Waals surface area contributed by atoms with Crippen LogP contribution in [-0.2, 0) is 14.3 Å². The fourth-order valence-corrected chi connectivity index (χ4v) is 3.79. The molecule has 1 N–H and O–H groups in total. The number of piperazine rings is 1. The molecule has 0 radical (unpaired) electrons. The Bertz CT molecular complexity index is 643. The molecule has 0 unspecified atom stereocenters. The second-order valence-electron chi connectivity index (χ2n) is 6.76. The molecule has 7 nitrogen and oxygen atoms in total. The summed E-state index contributed by atoms with van der Waals surface area (Å²) in [4.78, 5) is 28.8. The van der Waals surface area contributed by atoms with Gasteiger partial charge in [-0.1, -0.05) is 12.1 Å². The van der Waals surface area contributed by atoms with Gasteiger partial charge in [-0.2, -0.15) is 0 Å². The third kappa shape index (κ3) is 3.93. The minimum atomic E-state index is -0.235. The molecule has 2 amide bonds. The lowest BCUT2D eigenvalue weighted by Crippen LogP contribution is -2.56. The van der Waals surface area contributed by atoms with E-state index >= 15 is 0 Å². The molecule has 0 bridgehead atoms. The van der Waals surface area contributed by atoms with Gasteiger partial charge in [-0.15, -0.1) is 0 Å². The normalized spacial score (nSPS) is 23.5. The average molecular weight is 361 g/mol. The van der Waals surface area contributed by atoms with E-state index < -0.39 is 0 Å². The summed E-state index contributed by atoms with van der Waals surface area (Å²) in [6.45, 7) is 3.23. The number of carbonyl (C=O) groups is 2. The van der Waals surface area contributed by atoms with Crippen LogP contribution in [0, 0.1) is 5.92 Å². The van der Waals surface area contributed by atoms with Crippen molar-refractivity contribution in [2.24, 2.45) is 5.92 Å². The Balaban J connectivity index is 1.62. The highest BCUT2D eigenvalue weighted by Crippen LogP contribution is 2.29. The molecule has 2 aliphatic heterocycles. The van der Waals surface area contributed by atoms with Gasteiger partial charge < -0.3 is 24.6 Å². The number of nitrogens with zero attached hydrogens (tertiary/aromatic N) is 2. The summed E-state index contributed by atoms with van der Waals surface area (Å²) in [7, 11) is 3.26. The van der Waals surface area contributed by atoms with E-state index in [-0.39, 0.29) is 23.8 Å². The molecule has 7 heteroatoms. The molecule has 3 rings (SSSR count). The first-order chi connectivity index (χ1) is 12.6. The van der Waals surface area contributed by atoms with Crippen molar-refractivity contribution in [3.05, 3.63) is 24.3 Å². The maximum atomic E-state index is 13.0. The lowest BCUT2D eigenvalue weighted by Gasteiger charge is -2.40. The first kappa shape index (κ1) is 18.5. The van der Waals surface area contributed by atoms with E-state index in [4.69, 9.17) is 9.47 Å². The van der Waals surface area contributed by atoms with Gasteiger partial charge in [0.25, 0.3) is 0 Å². The topological polar surface area (TPSA) is 71.1 Å². The average Bonchev–Trinajstić information content (AvgIpc) is 2.68. The summed E-state index contributed by atoms with van der Waals surface area (Å²) in [5.41, 5.74) is 1.06. The Labute approximate surface area is 154 Å². The van der Waals surface area contributed by atoms with Gasteiger partial charge in [0.2, 0.25) is 11.8 Å². The third-order valence-corrected chi connectivity index (χ3v) is 5.20. The zero-order chi connectivity index (χ0) is 18.5. The highest BCUT2D eigenvalue weighted by Gasteiger charge is 2.37. The van der Waals surface area contributed by atoms with Gasteiger partial charge in [0.1, 0.15) is 5.75 Å². The molecule has 26 heavy (non-hydrogen) atoms. The number of methoxy groups -OCH3 is 2. The van der Waals surface area contributed by atoms with E-state index in [1.54, 1.807) is 14.2 Å². The van der Waals surface area contributed by atoms with Crippen LogP contribution in [0.1, 0.15) is 12.8 Å². The van der Waals surface area contributed by atoms with Crippen molar-refractivity contribution in [1.29, 1.82) is 0 Å². The number of amides is 2. The van der Waals surface area contributed by atoms with Gasteiger partial charge >= 0.3 is 0 Å². The van der Waals surface area contributed by atoms with Crippen LogP contribution in [-0.4, -0.2) is 69.8 Å². The van der Waals surface area contributed by atoms with Crippen molar-refractivity contribution in [3.8, 4) is 5.75 Å². The Hall–Kier alpha value is -2.28. The Morgan fingerprint density at radius 1 is 1.19 bits per heavy atom. The molecule has 0 aromatic heterocycles. The zero-order valence-corrected chi connectivity index (χ0v) is 15.4. The summed E-state index contributed by atoms with van der Waals surface area (Å²) in [6.07, 6.45) is 0.989. The summed E-state index contributed by atoms with van der Waals surface area (Å²) >= 11 is 0. The van der Waals surface area contributed by atoms with E-state index in [2.05, 4.69) is 10.2 Å². The molecule has 1 aromatic rings. The molecule has 2 fully saturated rings.